The van der Waals surface area contributed by atoms with E-state index < -0.39 is 5.91 Å². The number of hydrogen-bond donors (Lipinski definition) is 2. The number of rotatable bonds is 5. The number of anilines is 1. The molecule has 2 amide bonds. The molecule has 0 aliphatic rings. The highest BCUT2D eigenvalue weighted by Crippen LogP contribution is 2.13. The van der Waals surface area contributed by atoms with Crippen molar-refractivity contribution in [2.45, 2.75) is 6.92 Å². The summed E-state index contributed by atoms with van der Waals surface area (Å²) >= 11 is 0. The zero-order chi connectivity index (χ0) is 20.6. The third-order valence-electron chi connectivity index (χ3n) is 4.12. The molecule has 0 atom stereocenters. The molecule has 0 heterocycles. The van der Waals surface area contributed by atoms with Crippen LogP contribution in [0, 0.1) is 18.3 Å². The van der Waals surface area contributed by atoms with Gasteiger partial charge < -0.3 is 5.32 Å². The van der Waals surface area contributed by atoms with Crippen molar-refractivity contribution in [2.75, 3.05) is 5.32 Å². The van der Waals surface area contributed by atoms with E-state index in [4.69, 9.17) is 5.26 Å². The van der Waals surface area contributed by atoms with Gasteiger partial charge >= 0.3 is 0 Å². The molecule has 29 heavy (non-hydrogen) atoms. The Labute approximate surface area is 168 Å². The summed E-state index contributed by atoms with van der Waals surface area (Å²) in [6.45, 7) is 1.95. The zero-order valence-corrected chi connectivity index (χ0v) is 15.7. The van der Waals surface area contributed by atoms with Gasteiger partial charge in [0.1, 0.15) is 0 Å². The molecule has 0 aliphatic heterocycles. The van der Waals surface area contributed by atoms with Crippen molar-refractivity contribution >= 4 is 23.7 Å². The molecule has 3 rings (SSSR count). The van der Waals surface area contributed by atoms with Gasteiger partial charge in [-0.1, -0.05) is 35.9 Å². The van der Waals surface area contributed by atoms with Crippen LogP contribution in [0.1, 0.15) is 37.4 Å². The van der Waals surface area contributed by atoms with E-state index in [1.807, 2.05) is 25.1 Å². The normalized spacial score (nSPS) is 10.3. The Morgan fingerprint density at radius 2 is 1.66 bits per heavy atom. The molecule has 3 aromatic carbocycles. The number of carbonyl (C=O) groups excluding carboxylic acids is 2. The molecule has 142 valence electrons. The van der Waals surface area contributed by atoms with Crippen LogP contribution in [0.15, 0.2) is 77.9 Å². The second-order valence-corrected chi connectivity index (χ2v) is 6.33. The Morgan fingerprint density at radius 1 is 0.931 bits per heavy atom. The van der Waals surface area contributed by atoms with Crippen molar-refractivity contribution in [1.82, 2.24) is 5.43 Å². The Balaban J connectivity index is 1.62. The smallest absolute Gasteiger partial charge is 0.271 e. The molecule has 0 radical (unpaired) electrons. The number of nitrogens with zero attached hydrogens (tertiary/aromatic N) is 2. The summed E-state index contributed by atoms with van der Waals surface area (Å²) < 4.78 is 0. The van der Waals surface area contributed by atoms with Crippen LogP contribution >= 0.6 is 0 Å². The van der Waals surface area contributed by atoms with Gasteiger partial charge in [-0.3, -0.25) is 9.59 Å². The molecule has 0 spiro atoms. The molecular weight excluding hydrogens is 364 g/mol. The van der Waals surface area contributed by atoms with Crippen molar-refractivity contribution in [1.29, 1.82) is 5.26 Å². The number of hydrogen-bond acceptors (Lipinski definition) is 4. The second kappa shape index (κ2) is 9.11. The summed E-state index contributed by atoms with van der Waals surface area (Å²) in [5.41, 5.74) is 6.24. The van der Waals surface area contributed by atoms with Crippen molar-refractivity contribution in [3.05, 3.63) is 101 Å². The van der Waals surface area contributed by atoms with Crippen molar-refractivity contribution < 1.29 is 9.59 Å². The van der Waals surface area contributed by atoms with Crippen LogP contribution in [0.4, 0.5) is 5.69 Å². The molecule has 0 fully saturated rings. The van der Waals surface area contributed by atoms with Gasteiger partial charge in [-0.15, -0.1) is 0 Å². The van der Waals surface area contributed by atoms with E-state index in [1.165, 1.54) is 6.21 Å². The molecule has 0 aliphatic carbocycles. The van der Waals surface area contributed by atoms with Crippen molar-refractivity contribution in [3.8, 4) is 6.07 Å². The average molecular weight is 382 g/mol. The Hall–Kier alpha value is -4.24. The van der Waals surface area contributed by atoms with Gasteiger partial charge in [0.25, 0.3) is 11.8 Å². The minimum Gasteiger partial charge on any atom is -0.322 e. The lowest BCUT2D eigenvalue weighted by molar-refractivity contribution is 0.0953. The van der Waals surface area contributed by atoms with Gasteiger partial charge in [-0.2, -0.15) is 10.4 Å². The van der Waals surface area contributed by atoms with Crippen LogP contribution in [-0.2, 0) is 0 Å². The first kappa shape index (κ1) is 19.5. The summed E-state index contributed by atoms with van der Waals surface area (Å²) in [5, 5.41) is 15.5. The van der Waals surface area contributed by atoms with Crippen LogP contribution < -0.4 is 10.7 Å². The molecule has 6 heteroatoms. The number of benzene rings is 3. The molecule has 0 bridgehead atoms. The number of carbonyl (C=O) groups is 2. The van der Waals surface area contributed by atoms with Gasteiger partial charge in [-0.05, 0) is 55.0 Å². The van der Waals surface area contributed by atoms with E-state index in [9.17, 15) is 9.59 Å². The lowest BCUT2D eigenvalue weighted by Crippen LogP contribution is -2.18. The molecule has 6 nitrogen and oxygen atoms in total. The van der Waals surface area contributed by atoms with Gasteiger partial charge in [-0.25, -0.2) is 5.43 Å². The molecule has 3 aromatic rings. The largest absolute Gasteiger partial charge is 0.322 e. The molecule has 0 saturated carbocycles. The summed E-state index contributed by atoms with van der Waals surface area (Å²) in [5.74, 6) is -0.650. The van der Waals surface area contributed by atoms with Crippen LogP contribution in [0.25, 0.3) is 0 Å². The number of aryl methyl sites for hydroxylation is 1. The highest BCUT2D eigenvalue weighted by Gasteiger charge is 2.09. The summed E-state index contributed by atoms with van der Waals surface area (Å²) in [7, 11) is 0. The van der Waals surface area contributed by atoms with E-state index in [0.29, 0.717) is 22.4 Å². The first-order valence-corrected chi connectivity index (χ1v) is 8.87. The highest BCUT2D eigenvalue weighted by atomic mass is 16.2. The number of hydrazone groups is 1. The third-order valence-corrected chi connectivity index (χ3v) is 4.12. The Morgan fingerprint density at radius 3 is 2.34 bits per heavy atom. The van der Waals surface area contributed by atoms with Crippen LogP contribution in [0.5, 0.6) is 0 Å². The van der Waals surface area contributed by atoms with E-state index in [0.717, 1.165) is 11.1 Å². The molecule has 0 saturated heterocycles. The fraction of sp³-hybridized carbons (Fsp3) is 0.0435. The average Bonchev–Trinajstić information content (AvgIpc) is 2.75. The fourth-order valence-electron chi connectivity index (χ4n) is 2.52. The monoisotopic (exact) mass is 382 g/mol. The maximum atomic E-state index is 12.3. The maximum absolute atomic E-state index is 12.3. The van der Waals surface area contributed by atoms with E-state index in [2.05, 4.69) is 15.8 Å². The van der Waals surface area contributed by atoms with Gasteiger partial charge in [0.2, 0.25) is 0 Å². The van der Waals surface area contributed by atoms with E-state index in [1.54, 1.807) is 60.7 Å². The number of nitrogens with one attached hydrogen (secondary N) is 2. The fourth-order valence-corrected chi connectivity index (χ4v) is 2.52. The lowest BCUT2D eigenvalue weighted by atomic mass is 10.1. The Bertz CT molecular complexity index is 1090. The molecule has 0 unspecified atom stereocenters. The van der Waals surface area contributed by atoms with Crippen molar-refractivity contribution in [3.63, 3.8) is 0 Å². The summed E-state index contributed by atoms with van der Waals surface area (Å²) in [6, 6.07) is 22.7. The predicted molar refractivity (Wildman–Crippen MR) is 112 cm³/mol. The summed E-state index contributed by atoms with van der Waals surface area (Å²) in [4.78, 5) is 24.6. The van der Waals surface area contributed by atoms with Crippen LogP contribution in [0.2, 0.25) is 0 Å². The van der Waals surface area contributed by atoms with Gasteiger partial charge in [0, 0.05) is 16.8 Å². The maximum Gasteiger partial charge on any atom is 0.271 e. The van der Waals surface area contributed by atoms with Crippen LogP contribution in [-0.4, -0.2) is 18.0 Å². The quantitative estimate of drug-likeness (QED) is 0.518. The highest BCUT2D eigenvalue weighted by molar-refractivity contribution is 6.05. The third kappa shape index (κ3) is 5.37. The summed E-state index contributed by atoms with van der Waals surface area (Å²) in [6.07, 6.45) is 1.49. The molecule has 2 N–H and O–H groups in total. The number of nitriles is 1. The van der Waals surface area contributed by atoms with E-state index >= 15 is 0 Å². The van der Waals surface area contributed by atoms with Gasteiger partial charge in [0.15, 0.2) is 0 Å². The predicted octanol–water partition coefficient (Wildman–Crippen LogP) is 3.88. The minimum absolute atomic E-state index is 0.249. The zero-order valence-electron chi connectivity index (χ0n) is 15.7. The second-order valence-electron chi connectivity index (χ2n) is 6.33. The standard InChI is InChI=1S/C23H18N4O2/c1-16-5-11-19(12-6-16)22(28)26-21-4-2-3-20(13-21)23(29)27-25-15-18-9-7-17(14-24)8-10-18/h2-13,15H,1H3,(H,26,28)(H,27,29)/b25-15-. The van der Waals surface area contributed by atoms with E-state index in [-0.39, 0.29) is 5.91 Å². The minimum atomic E-state index is -0.402. The first-order valence-electron chi connectivity index (χ1n) is 8.87. The number of amides is 2. The van der Waals surface area contributed by atoms with Gasteiger partial charge in [0.05, 0.1) is 17.8 Å². The Kier molecular flexibility index (Phi) is 6.13. The van der Waals surface area contributed by atoms with Crippen LogP contribution in [0.3, 0.4) is 0 Å². The SMILES string of the molecule is Cc1ccc(C(=O)Nc2cccc(C(=O)N/N=C\c3ccc(C#N)cc3)c2)cc1. The first-order chi connectivity index (χ1) is 14.0. The molecular formula is C23H18N4O2. The topological polar surface area (TPSA) is 94.3 Å². The van der Waals surface area contributed by atoms with Crippen molar-refractivity contribution in [2.24, 2.45) is 5.10 Å². The lowest BCUT2D eigenvalue weighted by Gasteiger charge is -2.07. The molecule has 0 aromatic heterocycles.